The minimum atomic E-state index is -0.837. The molecule has 1 heterocycles. The second-order valence-electron chi connectivity index (χ2n) is 5.96. The van der Waals surface area contributed by atoms with Crippen LogP contribution in [0.1, 0.15) is 46.5 Å². The van der Waals surface area contributed by atoms with Crippen molar-refractivity contribution in [2.24, 2.45) is 0 Å². The van der Waals surface area contributed by atoms with E-state index in [1.54, 1.807) is 24.3 Å². The highest BCUT2D eigenvalue weighted by Gasteiger charge is 2.24. The molecule has 1 fully saturated rings. The van der Waals surface area contributed by atoms with E-state index in [4.69, 9.17) is 9.47 Å². The van der Waals surface area contributed by atoms with Gasteiger partial charge in [0, 0.05) is 12.2 Å². The van der Waals surface area contributed by atoms with Gasteiger partial charge in [-0.25, -0.2) is 4.79 Å². The van der Waals surface area contributed by atoms with E-state index in [2.05, 4.69) is 5.32 Å². The number of hydrogen-bond acceptors (Lipinski definition) is 4. The van der Waals surface area contributed by atoms with E-state index >= 15 is 0 Å². The Bertz CT molecular complexity index is 721. The van der Waals surface area contributed by atoms with Crippen LogP contribution >= 0.6 is 0 Å². The maximum Gasteiger partial charge on any atom is 0.333 e. The molecule has 1 N–H and O–H groups in total. The zero-order chi connectivity index (χ0) is 17.6. The summed E-state index contributed by atoms with van der Waals surface area (Å²) in [4.78, 5) is 24.6. The van der Waals surface area contributed by atoms with Crippen LogP contribution in [0, 0.1) is 0 Å². The molecule has 2 atom stereocenters. The molecule has 5 heteroatoms. The monoisotopic (exact) mass is 339 g/mol. The average molecular weight is 339 g/mol. The highest BCUT2D eigenvalue weighted by molar-refractivity contribution is 5.97. The molecule has 0 bridgehead atoms. The van der Waals surface area contributed by atoms with E-state index in [1.807, 2.05) is 30.3 Å². The summed E-state index contributed by atoms with van der Waals surface area (Å²) in [5.41, 5.74) is 2.24. The van der Waals surface area contributed by atoms with E-state index in [1.165, 1.54) is 7.11 Å². The number of carbonyl (C=O) groups excluding carboxylic acids is 2. The van der Waals surface area contributed by atoms with Crippen molar-refractivity contribution in [2.45, 2.75) is 25.0 Å². The third-order valence-electron chi connectivity index (χ3n) is 4.32. The van der Waals surface area contributed by atoms with Crippen molar-refractivity contribution in [2.75, 3.05) is 13.7 Å². The Balaban J connectivity index is 1.73. The second kappa shape index (κ2) is 7.94. The Hall–Kier alpha value is -2.66. The summed E-state index contributed by atoms with van der Waals surface area (Å²) in [6.45, 7) is 0.783. The molecule has 2 aromatic carbocycles. The minimum Gasteiger partial charge on any atom is -0.467 e. The van der Waals surface area contributed by atoms with Gasteiger partial charge in [-0.2, -0.15) is 0 Å². The fourth-order valence-corrected chi connectivity index (χ4v) is 2.95. The van der Waals surface area contributed by atoms with Gasteiger partial charge in [0.1, 0.15) is 0 Å². The molecular weight excluding hydrogens is 318 g/mol. The van der Waals surface area contributed by atoms with Gasteiger partial charge in [-0.15, -0.1) is 0 Å². The predicted octanol–water partition coefficient (Wildman–Crippen LogP) is 3.18. The first kappa shape index (κ1) is 17.2. The zero-order valence-corrected chi connectivity index (χ0v) is 14.1. The average Bonchev–Trinajstić information content (AvgIpc) is 3.21. The first-order valence-corrected chi connectivity index (χ1v) is 8.34. The van der Waals surface area contributed by atoms with Crippen LogP contribution in [0.25, 0.3) is 0 Å². The number of methoxy groups -OCH3 is 1. The molecule has 130 valence electrons. The second-order valence-corrected chi connectivity index (χ2v) is 5.96. The van der Waals surface area contributed by atoms with Gasteiger partial charge in [0.05, 0.1) is 13.2 Å². The van der Waals surface area contributed by atoms with E-state index in [0.717, 1.165) is 25.0 Å². The van der Waals surface area contributed by atoms with Crippen LogP contribution in [0.4, 0.5) is 0 Å². The number of ether oxygens (including phenoxy) is 2. The normalized spacial score (nSPS) is 17.7. The third kappa shape index (κ3) is 4.06. The molecule has 25 heavy (non-hydrogen) atoms. The van der Waals surface area contributed by atoms with E-state index in [0.29, 0.717) is 11.1 Å². The van der Waals surface area contributed by atoms with Gasteiger partial charge in [-0.05, 0) is 36.1 Å². The molecule has 0 saturated carbocycles. The van der Waals surface area contributed by atoms with E-state index in [-0.39, 0.29) is 12.0 Å². The van der Waals surface area contributed by atoms with E-state index in [9.17, 15) is 9.59 Å². The van der Waals surface area contributed by atoms with Crippen LogP contribution in [0.5, 0.6) is 0 Å². The zero-order valence-electron chi connectivity index (χ0n) is 14.1. The van der Waals surface area contributed by atoms with Crippen molar-refractivity contribution in [3.05, 3.63) is 71.3 Å². The van der Waals surface area contributed by atoms with Crippen molar-refractivity contribution in [3.8, 4) is 0 Å². The Morgan fingerprint density at radius 1 is 1.12 bits per heavy atom. The van der Waals surface area contributed by atoms with Crippen molar-refractivity contribution >= 4 is 11.9 Å². The van der Waals surface area contributed by atoms with Crippen LogP contribution in [-0.4, -0.2) is 25.6 Å². The first-order chi connectivity index (χ1) is 12.2. The fourth-order valence-electron chi connectivity index (χ4n) is 2.95. The number of carbonyl (C=O) groups is 2. The quantitative estimate of drug-likeness (QED) is 0.850. The molecule has 0 aliphatic carbocycles. The summed E-state index contributed by atoms with van der Waals surface area (Å²) in [5.74, 6) is -0.825. The molecular formula is C20H21NO4. The molecule has 0 aromatic heterocycles. The summed E-state index contributed by atoms with van der Waals surface area (Å²) in [7, 11) is 1.31. The Kier molecular flexibility index (Phi) is 5.46. The number of esters is 1. The SMILES string of the molecule is COC(=O)[C@H](NC(=O)c1ccc([C@H]2CCCO2)cc1)c1ccccc1. The number of benzene rings is 2. The van der Waals surface area contributed by atoms with E-state index < -0.39 is 12.0 Å². The minimum absolute atomic E-state index is 0.115. The topological polar surface area (TPSA) is 64.6 Å². The van der Waals surface area contributed by atoms with Gasteiger partial charge in [0.2, 0.25) is 0 Å². The molecule has 2 aromatic rings. The molecule has 0 unspecified atom stereocenters. The van der Waals surface area contributed by atoms with Crippen molar-refractivity contribution in [1.82, 2.24) is 5.32 Å². The van der Waals surface area contributed by atoms with Crippen LogP contribution in [0.2, 0.25) is 0 Å². The van der Waals surface area contributed by atoms with Crippen LogP contribution in [-0.2, 0) is 14.3 Å². The van der Waals surface area contributed by atoms with Gasteiger partial charge >= 0.3 is 5.97 Å². The van der Waals surface area contributed by atoms with Crippen molar-refractivity contribution in [3.63, 3.8) is 0 Å². The molecule has 1 aliphatic rings. The standard InChI is InChI=1S/C20H21NO4/c1-24-20(23)18(15-6-3-2-4-7-15)21-19(22)16-11-9-14(10-12-16)17-8-5-13-25-17/h2-4,6-7,9-12,17-18H,5,8,13H2,1H3,(H,21,22)/t17-,18-/m1/s1. The smallest absolute Gasteiger partial charge is 0.333 e. The third-order valence-corrected chi connectivity index (χ3v) is 4.32. The van der Waals surface area contributed by atoms with Gasteiger partial charge in [0.15, 0.2) is 6.04 Å². The lowest BCUT2D eigenvalue weighted by atomic mass is 10.0. The molecule has 3 rings (SSSR count). The Labute approximate surface area is 147 Å². The van der Waals surface area contributed by atoms with Gasteiger partial charge in [-0.3, -0.25) is 4.79 Å². The lowest BCUT2D eigenvalue weighted by Gasteiger charge is -2.17. The molecule has 5 nitrogen and oxygen atoms in total. The predicted molar refractivity (Wildman–Crippen MR) is 93.0 cm³/mol. The summed E-state index contributed by atoms with van der Waals surface area (Å²) < 4.78 is 10.5. The summed E-state index contributed by atoms with van der Waals surface area (Å²) in [6.07, 6.45) is 2.18. The molecule has 0 spiro atoms. The van der Waals surface area contributed by atoms with Crippen LogP contribution < -0.4 is 5.32 Å². The van der Waals surface area contributed by atoms with Gasteiger partial charge in [0.25, 0.3) is 5.91 Å². The summed E-state index contributed by atoms with van der Waals surface area (Å²) >= 11 is 0. The molecule has 1 saturated heterocycles. The molecule has 1 aliphatic heterocycles. The molecule has 0 radical (unpaired) electrons. The number of rotatable bonds is 5. The lowest BCUT2D eigenvalue weighted by molar-refractivity contribution is -0.143. The fraction of sp³-hybridized carbons (Fsp3) is 0.300. The summed E-state index contributed by atoms with van der Waals surface area (Å²) in [5, 5.41) is 2.74. The van der Waals surface area contributed by atoms with Crippen LogP contribution in [0.15, 0.2) is 54.6 Å². The Morgan fingerprint density at radius 3 is 2.44 bits per heavy atom. The largest absolute Gasteiger partial charge is 0.467 e. The highest BCUT2D eigenvalue weighted by atomic mass is 16.5. The highest BCUT2D eigenvalue weighted by Crippen LogP contribution is 2.28. The summed E-state index contributed by atoms with van der Waals surface area (Å²) in [6, 6.07) is 15.5. The van der Waals surface area contributed by atoms with Gasteiger partial charge in [-0.1, -0.05) is 42.5 Å². The maximum atomic E-state index is 12.5. The van der Waals surface area contributed by atoms with Crippen molar-refractivity contribution < 1.29 is 19.1 Å². The number of amides is 1. The Morgan fingerprint density at radius 2 is 1.84 bits per heavy atom. The first-order valence-electron chi connectivity index (χ1n) is 8.34. The maximum absolute atomic E-state index is 12.5. The number of nitrogens with one attached hydrogen (secondary N) is 1. The van der Waals surface area contributed by atoms with Gasteiger partial charge < -0.3 is 14.8 Å². The van der Waals surface area contributed by atoms with Crippen LogP contribution in [0.3, 0.4) is 0 Å². The number of hydrogen-bond donors (Lipinski definition) is 1. The van der Waals surface area contributed by atoms with Crippen molar-refractivity contribution in [1.29, 1.82) is 0 Å². The molecule has 1 amide bonds. The lowest BCUT2D eigenvalue weighted by Crippen LogP contribution is -2.34.